The summed E-state index contributed by atoms with van der Waals surface area (Å²) in [6, 6.07) is 7.94. The van der Waals surface area contributed by atoms with Crippen LogP contribution in [-0.2, 0) is 6.54 Å². The molecular weight excluding hydrogens is 224 g/mol. The molecule has 0 radical (unpaired) electrons. The van der Waals surface area contributed by atoms with Gasteiger partial charge >= 0.3 is 0 Å². The Morgan fingerprint density at radius 1 is 1.39 bits per heavy atom. The first-order valence-corrected chi connectivity index (χ1v) is 6.10. The predicted octanol–water partition coefficient (Wildman–Crippen LogP) is 2.32. The molecule has 0 spiro atoms. The summed E-state index contributed by atoms with van der Waals surface area (Å²) in [5, 5.41) is 17.5. The summed E-state index contributed by atoms with van der Waals surface area (Å²) < 4.78 is 0. The van der Waals surface area contributed by atoms with Crippen LogP contribution in [0.5, 0.6) is 0 Å². The molecule has 0 fully saturated rings. The molecule has 0 aliphatic heterocycles. The Balaban J connectivity index is 2.69. The summed E-state index contributed by atoms with van der Waals surface area (Å²) in [5.74, 6) is 0.556. The number of pyridine rings is 1. The molecule has 1 aromatic rings. The van der Waals surface area contributed by atoms with Crippen LogP contribution in [0.4, 0.5) is 0 Å². The van der Waals surface area contributed by atoms with E-state index in [2.05, 4.69) is 29.8 Å². The Morgan fingerprint density at radius 3 is 2.78 bits per heavy atom. The Labute approximate surface area is 108 Å². The molecule has 0 amide bonds. The van der Waals surface area contributed by atoms with E-state index in [4.69, 9.17) is 10.5 Å². The predicted molar refractivity (Wildman–Crippen MR) is 69.3 cm³/mol. The van der Waals surface area contributed by atoms with Crippen molar-refractivity contribution in [2.75, 3.05) is 13.1 Å². The smallest absolute Gasteiger partial charge is 0.140 e. The van der Waals surface area contributed by atoms with Crippen LogP contribution in [0.3, 0.4) is 0 Å². The van der Waals surface area contributed by atoms with Gasteiger partial charge in [-0.15, -0.1) is 0 Å². The largest absolute Gasteiger partial charge is 0.298 e. The lowest BCUT2D eigenvalue weighted by atomic mass is 10.1. The minimum absolute atomic E-state index is 0.442. The molecule has 0 aliphatic carbocycles. The summed E-state index contributed by atoms with van der Waals surface area (Å²) in [5.41, 5.74) is 1.51. The fourth-order valence-corrected chi connectivity index (χ4v) is 1.85. The summed E-state index contributed by atoms with van der Waals surface area (Å²) in [6.45, 7) is 6.79. The van der Waals surface area contributed by atoms with E-state index in [1.165, 1.54) is 0 Å². The molecule has 1 aromatic heterocycles. The molecular formula is C14H18N4. The topological polar surface area (TPSA) is 63.7 Å². The van der Waals surface area contributed by atoms with E-state index in [-0.39, 0.29) is 0 Å². The maximum absolute atomic E-state index is 8.81. The normalized spacial score (nSPS) is 10.3. The van der Waals surface area contributed by atoms with Crippen LogP contribution >= 0.6 is 0 Å². The van der Waals surface area contributed by atoms with Gasteiger partial charge in [-0.25, -0.2) is 4.98 Å². The molecule has 4 heteroatoms. The first-order chi connectivity index (χ1) is 8.65. The van der Waals surface area contributed by atoms with Gasteiger partial charge in [-0.3, -0.25) is 4.90 Å². The minimum Gasteiger partial charge on any atom is -0.298 e. The third-order valence-corrected chi connectivity index (χ3v) is 2.51. The molecule has 0 aliphatic rings. The van der Waals surface area contributed by atoms with Crippen LogP contribution in [0.25, 0.3) is 0 Å². The molecule has 0 N–H and O–H groups in total. The van der Waals surface area contributed by atoms with Crippen LogP contribution in [0, 0.1) is 28.6 Å². The minimum atomic E-state index is 0.442. The summed E-state index contributed by atoms with van der Waals surface area (Å²) in [4.78, 5) is 6.20. The zero-order valence-electron chi connectivity index (χ0n) is 10.9. The molecule has 0 bridgehead atoms. The lowest BCUT2D eigenvalue weighted by Gasteiger charge is -2.23. The highest BCUT2D eigenvalue weighted by Gasteiger charge is 2.08. The number of hydrogen-bond acceptors (Lipinski definition) is 4. The van der Waals surface area contributed by atoms with Gasteiger partial charge in [0, 0.05) is 32.3 Å². The van der Waals surface area contributed by atoms with E-state index in [9.17, 15) is 0 Å². The molecule has 1 heterocycles. The molecule has 0 aromatic carbocycles. The quantitative estimate of drug-likeness (QED) is 0.768. The van der Waals surface area contributed by atoms with E-state index in [1.54, 1.807) is 12.3 Å². The SMILES string of the molecule is CC(C)CN(CCC#N)Cc1ccnc(C#N)c1. The Morgan fingerprint density at radius 2 is 2.17 bits per heavy atom. The Bertz CT molecular complexity index is 454. The van der Waals surface area contributed by atoms with Crippen LogP contribution in [0.15, 0.2) is 18.3 Å². The maximum atomic E-state index is 8.81. The average Bonchev–Trinajstić information content (AvgIpc) is 2.35. The summed E-state index contributed by atoms with van der Waals surface area (Å²) in [7, 11) is 0. The van der Waals surface area contributed by atoms with Crippen molar-refractivity contribution in [3.05, 3.63) is 29.6 Å². The van der Waals surface area contributed by atoms with Crippen LogP contribution in [-0.4, -0.2) is 23.0 Å². The number of aromatic nitrogens is 1. The number of nitrogens with zero attached hydrogens (tertiary/aromatic N) is 4. The standard InChI is InChI=1S/C14H18N4/c1-12(2)10-18(7-3-5-15)11-13-4-6-17-14(8-13)9-16/h4,6,8,12H,3,7,10-11H2,1-2H3. The van der Waals surface area contributed by atoms with Crippen LogP contribution in [0.2, 0.25) is 0 Å². The van der Waals surface area contributed by atoms with Gasteiger partial charge in [0.05, 0.1) is 6.07 Å². The van der Waals surface area contributed by atoms with Gasteiger partial charge in [0.25, 0.3) is 0 Å². The van der Waals surface area contributed by atoms with Crippen molar-refractivity contribution in [1.29, 1.82) is 10.5 Å². The van der Waals surface area contributed by atoms with E-state index < -0.39 is 0 Å². The van der Waals surface area contributed by atoms with E-state index in [0.717, 1.165) is 25.2 Å². The molecule has 4 nitrogen and oxygen atoms in total. The van der Waals surface area contributed by atoms with Gasteiger partial charge in [-0.1, -0.05) is 13.8 Å². The van der Waals surface area contributed by atoms with Gasteiger partial charge < -0.3 is 0 Å². The van der Waals surface area contributed by atoms with Gasteiger partial charge in [0.15, 0.2) is 0 Å². The van der Waals surface area contributed by atoms with Gasteiger partial charge in [0.1, 0.15) is 11.8 Å². The van der Waals surface area contributed by atoms with Crippen molar-refractivity contribution in [1.82, 2.24) is 9.88 Å². The summed E-state index contributed by atoms with van der Waals surface area (Å²) >= 11 is 0. The highest BCUT2D eigenvalue weighted by molar-refractivity contribution is 5.25. The van der Waals surface area contributed by atoms with E-state index in [1.807, 2.05) is 12.1 Å². The first-order valence-electron chi connectivity index (χ1n) is 6.10. The van der Waals surface area contributed by atoms with Crippen molar-refractivity contribution in [3.8, 4) is 12.1 Å². The monoisotopic (exact) mass is 242 g/mol. The number of hydrogen-bond donors (Lipinski definition) is 0. The Hall–Kier alpha value is -1.91. The summed E-state index contributed by atoms with van der Waals surface area (Å²) in [6.07, 6.45) is 2.19. The lowest BCUT2D eigenvalue weighted by Crippen LogP contribution is -2.28. The molecule has 0 atom stereocenters. The second kappa shape index (κ2) is 7.42. The molecule has 1 rings (SSSR count). The fraction of sp³-hybridized carbons (Fsp3) is 0.500. The third-order valence-electron chi connectivity index (χ3n) is 2.51. The highest BCUT2D eigenvalue weighted by Crippen LogP contribution is 2.08. The van der Waals surface area contributed by atoms with Crippen molar-refractivity contribution in [2.24, 2.45) is 5.92 Å². The van der Waals surface area contributed by atoms with Gasteiger partial charge in [-0.2, -0.15) is 10.5 Å². The molecule has 0 saturated heterocycles. The van der Waals surface area contributed by atoms with Crippen LogP contribution < -0.4 is 0 Å². The number of nitriles is 2. The van der Waals surface area contributed by atoms with Gasteiger partial charge in [-0.05, 0) is 23.6 Å². The molecule has 0 unspecified atom stereocenters. The zero-order chi connectivity index (χ0) is 13.4. The van der Waals surface area contributed by atoms with E-state index >= 15 is 0 Å². The zero-order valence-corrected chi connectivity index (χ0v) is 10.9. The highest BCUT2D eigenvalue weighted by atomic mass is 15.1. The van der Waals surface area contributed by atoms with Crippen LogP contribution in [0.1, 0.15) is 31.5 Å². The lowest BCUT2D eigenvalue weighted by molar-refractivity contribution is 0.241. The first kappa shape index (κ1) is 14.2. The number of rotatable bonds is 6. The second-order valence-corrected chi connectivity index (χ2v) is 4.70. The average molecular weight is 242 g/mol. The van der Waals surface area contributed by atoms with Crippen molar-refractivity contribution in [3.63, 3.8) is 0 Å². The third kappa shape index (κ3) is 4.95. The van der Waals surface area contributed by atoms with Crippen molar-refractivity contribution < 1.29 is 0 Å². The van der Waals surface area contributed by atoms with E-state index in [0.29, 0.717) is 18.0 Å². The Kier molecular flexibility index (Phi) is 5.84. The second-order valence-electron chi connectivity index (χ2n) is 4.70. The van der Waals surface area contributed by atoms with Crippen molar-refractivity contribution in [2.45, 2.75) is 26.8 Å². The van der Waals surface area contributed by atoms with Gasteiger partial charge in [0.2, 0.25) is 0 Å². The molecule has 18 heavy (non-hydrogen) atoms. The molecule has 0 saturated carbocycles. The molecule has 94 valence electrons. The maximum Gasteiger partial charge on any atom is 0.140 e. The fourth-order valence-electron chi connectivity index (χ4n) is 1.85. The van der Waals surface area contributed by atoms with Crippen molar-refractivity contribution >= 4 is 0 Å².